The Bertz CT molecular complexity index is 503. The summed E-state index contributed by atoms with van der Waals surface area (Å²) < 4.78 is 5.87. The summed E-state index contributed by atoms with van der Waals surface area (Å²) in [6.45, 7) is 4.69. The van der Waals surface area contributed by atoms with Gasteiger partial charge in [0.25, 0.3) is 0 Å². The van der Waals surface area contributed by atoms with Gasteiger partial charge < -0.3 is 14.9 Å². The lowest BCUT2D eigenvalue weighted by Crippen LogP contribution is -2.56. The number of fused-ring (bicyclic) bond motifs is 6. The Morgan fingerprint density at radius 3 is 2.50 bits per heavy atom. The van der Waals surface area contributed by atoms with E-state index in [9.17, 15) is 10.2 Å². The van der Waals surface area contributed by atoms with Crippen LogP contribution in [-0.4, -0.2) is 28.2 Å². The average molecular weight is 306 g/mol. The first-order valence-corrected chi connectivity index (χ1v) is 9.45. The highest BCUT2D eigenvalue weighted by Gasteiger charge is 2.66. The first-order chi connectivity index (χ1) is 10.4. The van der Waals surface area contributed by atoms with Gasteiger partial charge in [-0.25, -0.2) is 0 Å². The van der Waals surface area contributed by atoms with E-state index in [-0.39, 0.29) is 5.41 Å². The number of aliphatic hydroxyl groups is 2. The van der Waals surface area contributed by atoms with Crippen LogP contribution in [0, 0.1) is 34.5 Å². The molecule has 8 atom stereocenters. The molecular formula is C19H30O3. The number of rotatable bonds is 0. The van der Waals surface area contributed by atoms with Crippen LogP contribution in [0.15, 0.2) is 0 Å². The maximum atomic E-state index is 10.5. The van der Waals surface area contributed by atoms with E-state index in [1.54, 1.807) is 0 Å². The lowest BCUT2D eigenvalue weighted by molar-refractivity contribution is -0.251. The molecule has 0 aromatic rings. The van der Waals surface area contributed by atoms with E-state index in [1.807, 2.05) is 0 Å². The number of ether oxygens (including phenoxy) is 1. The van der Waals surface area contributed by atoms with Gasteiger partial charge in [-0.05, 0) is 74.0 Å². The van der Waals surface area contributed by atoms with Gasteiger partial charge in [-0.3, -0.25) is 0 Å². The van der Waals surface area contributed by atoms with Gasteiger partial charge in [0.15, 0.2) is 5.79 Å². The second kappa shape index (κ2) is 4.10. The summed E-state index contributed by atoms with van der Waals surface area (Å²) in [4.78, 5) is 0. The van der Waals surface area contributed by atoms with Crippen LogP contribution in [0.2, 0.25) is 0 Å². The molecule has 0 aromatic carbocycles. The fraction of sp³-hybridized carbons (Fsp3) is 1.00. The molecule has 0 aromatic heterocycles. The molecule has 1 saturated heterocycles. The molecule has 5 rings (SSSR count). The molecule has 124 valence electrons. The van der Waals surface area contributed by atoms with E-state index >= 15 is 0 Å². The molecule has 1 heterocycles. The van der Waals surface area contributed by atoms with Crippen molar-refractivity contribution < 1.29 is 14.9 Å². The Morgan fingerprint density at radius 2 is 1.68 bits per heavy atom. The van der Waals surface area contributed by atoms with Crippen molar-refractivity contribution in [3.05, 3.63) is 0 Å². The Hall–Kier alpha value is -0.120. The number of hydrogen-bond donors (Lipinski definition) is 2. The van der Waals surface area contributed by atoms with Gasteiger partial charge in [0.1, 0.15) is 0 Å². The molecule has 4 saturated carbocycles. The Balaban J connectivity index is 1.48. The third-order valence-corrected chi connectivity index (χ3v) is 9.02. The lowest BCUT2D eigenvalue weighted by atomic mass is 9.45. The van der Waals surface area contributed by atoms with Crippen molar-refractivity contribution in [1.29, 1.82) is 0 Å². The molecule has 0 amide bonds. The van der Waals surface area contributed by atoms with Crippen molar-refractivity contribution in [3.8, 4) is 0 Å². The van der Waals surface area contributed by atoms with E-state index in [1.165, 1.54) is 32.1 Å². The van der Waals surface area contributed by atoms with Crippen LogP contribution < -0.4 is 0 Å². The number of hydrogen-bond acceptors (Lipinski definition) is 3. The van der Waals surface area contributed by atoms with Crippen LogP contribution in [-0.2, 0) is 4.74 Å². The summed E-state index contributed by atoms with van der Waals surface area (Å²) in [5.74, 6) is 1.41. The smallest absolute Gasteiger partial charge is 0.168 e. The highest BCUT2D eigenvalue weighted by Crippen LogP contribution is 2.69. The van der Waals surface area contributed by atoms with Gasteiger partial charge in [-0.1, -0.05) is 13.8 Å². The fourth-order valence-corrected chi connectivity index (χ4v) is 7.51. The SMILES string of the molecule is C[C@]12CC3O[C@@H]3C[C@@H]1CC[C@@H]1[C@@H]2CC[C@@]2(C)[C@H]1CCC2(O)O. The molecule has 0 spiro atoms. The third kappa shape index (κ3) is 1.58. The molecule has 3 heteroatoms. The van der Waals surface area contributed by atoms with E-state index in [0.717, 1.165) is 24.7 Å². The van der Waals surface area contributed by atoms with Crippen LogP contribution in [0.3, 0.4) is 0 Å². The molecule has 1 unspecified atom stereocenters. The first kappa shape index (κ1) is 14.2. The average Bonchev–Trinajstić information content (AvgIpc) is 3.14. The van der Waals surface area contributed by atoms with E-state index < -0.39 is 5.79 Å². The fourth-order valence-electron chi connectivity index (χ4n) is 7.51. The van der Waals surface area contributed by atoms with E-state index in [0.29, 0.717) is 35.9 Å². The van der Waals surface area contributed by atoms with Gasteiger partial charge in [-0.2, -0.15) is 0 Å². The summed E-state index contributed by atoms with van der Waals surface area (Å²) >= 11 is 0. The molecule has 0 radical (unpaired) electrons. The molecule has 22 heavy (non-hydrogen) atoms. The van der Waals surface area contributed by atoms with Crippen molar-refractivity contribution in [2.24, 2.45) is 34.5 Å². The van der Waals surface area contributed by atoms with Gasteiger partial charge >= 0.3 is 0 Å². The van der Waals surface area contributed by atoms with Crippen molar-refractivity contribution in [2.75, 3.05) is 0 Å². The predicted molar refractivity (Wildman–Crippen MR) is 82.9 cm³/mol. The van der Waals surface area contributed by atoms with Gasteiger partial charge in [-0.15, -0.1) is 0 Å². The highest BCUT2D eigenvalue weighted by molar-refractivity contribution is 5.13. The summed E-state index contributed by atoms with van der Waals surface area (Å²) in [6.07, 6.45) is 10.1. The zero-order valence-electron chi connectivity index (χ0n) is 13.9. The molecule has 4 aliphatic carbocycles. The van der Waals surface area contributed by atoms with E-state index in [2.05, 4.69) is 13.8 Å². The van der Waals surface area contributed by atoms with Crippen molar-refractivity contribution >= 4 is 0 Å². The van der Waals surface area contributed by atoms with Crippen LogP contribution in [0.25, 0.3) is 0 Å². The molecule has 3 nitrogen and oxygen atoms in total. The van der Waals surface area contributed by atoms with Crippen LogP contribution >= 0.6 is 0 Å². The minimum atomic E-state index is -1.43. The maximum absolute atomic E-state index is 10.5. The zero-order valence-corrected chi connectivity index (χ0v) is 13.9. The lowest BCUT2D eigenvalue weighted by Gasteiger charge is -2.60. The minimum Gasteiger partial charge on any atom is -0.370 e. The van der Waals surface area contributed by atoms with Crippen LogP contribution in [0.1, 0.15) is 65.2 Å². The van der Waals surface area contributed by atoms with Crippen LogP contribution in [0.5, 0.6) is 0 Å². The normalized spacial score (nSPS) is 61.6. The summed E-state index contributed by atoms with van der Waals surface area (Å²) in [6, 6.07) is 0. The molecule has 5 fully saturated rings. The largest absolute Gasteiger partial charge is 0.370 e. The molecule has 5 aliphatic rings. The molecule has 1 aliphatic heterocycles. The quantitative estimate of drug-likeness (QED) is 0.534. The monoisotopic (exact) mass is 306 g/mol. The predicted octanol–water partition coefficient (Wildman–Crippen LogP) is 3.09. The number of epoxide rings is 1. The highest BCUT2D eigenvalue weighted by atomic mass is 16.6. The van der Waals surface area contributed by atoms with Crippen molar-refractivity contribution in [3.63, 3.8) is 0 Å². The van der Waals surface area contributed by atoms with Gasteiger partial charge in [0.2, 0.25) is 0 Å². The summed E-state index contributed by atoms with van der Waals surface area (Å²) in [5, 5.41) is 21.0. The Labute approximate surface area is 133 Å². The van der Waals surface area contributed by atoms with Crippen molar-refractivity contribution in [1.82, 2.24) is 0 Å². The summed E-state index contributed by atoms with van der Waals surface area (Å²) in [5.41, 5.74) is 0.169. The van der Waals surface area contributed by atoms with Gasteiger partial charge in [0, 0.05) is 11.8 Å². The molecule has 2 N–H and O–H groups in total. The molecule has 0 bridgehead atoms. The zero-order chi connectivity index (χ0) is 15.3. The minimum absolute atomic E-state index is 0.273. The van der Waals surface area contributed by atoms with Crippen molar-refractivity contribution in [2.45, 2.75) is 83.2 Å². The third-order valence-electron chi connectivity index (χ3n) is 9.02. The molecular weight excluding hydrogens is 276 g/mol. The Morgan fingerprint density at radius 1 is 0.909 bits per heavy atom. The second-order valence-electron chi connectivity index (χ2n) is 9.62. The van der Waals surface area contributed by atoms with E-state index in [4.69, 9.17) is 4.74 Å². The van der Waals surface area contributed by atoms with Gasteiger partial charge in [0.05, 0.1) is 12.2 Å². The standard InChI is InChI=1S/C19H30O3/c1-17-10-16-15(22-16)9-11(17)3-4-12-13(17)5-7-18(2)14(12)6-8-19(18,20)21/h11-16,20-21H,3-10H2,1-2H3/t11-,12+,13-,14-,15+,16?,17-,18-/m0/s1. The Kier molecular flexibility index (Phi) is 2.65. The van der Waals surface area contributed by atoms with Crippen LogP contribution in [0.4, 0.5) is 0 Å². The summed E-state index contributed by atoms with van der Waals surface area (Å²) in [7, 11) is 0. The first-order valence-electron chi connectivity index (χ1n) is 9.45. The second-order valence-corrected chi connectivity index (χ2v) is 9.62. The topological polar surface area (TPSA) is 53.0 Å². The maximum Gasteiger partial charge on any atom is 0.168 e.